The van der Waals surface area contributed by atoms with E-state index in [1.54, 1.807) is 6.07 Å². The Labute approximate surface area is 130 Å². The number of para-hydroxylation sites is 1. The van der Waals surface area contributed by atoms with Gasteiger partial charge in [-0.15, -0.1) is 0 Å². The SMILES string of the molecule is Cc1ccc(-c2ccccc2O)c(/C=C\c2ccccc2)n1. The Balaban J connectivity index is 2.06. The highest BCUT2D eigenvalue weighted by Crippen LogP contribution is 2.31. The molecule has 1 N–H and O–H groups in total. The molecular weight excluding hydrogens is 270 g/mol. The third-order valence-electron chi connectivity index (χ3n) is 3.49. The molecule has 0 bridgehead atoms. The summed E-state index contributed by atoms with van der Waals surface area (Å²) in [5.74, 6) is 0.266. The van der Waals surface area contributed by atoms with E-state index in [-0.39, 0.29) is 5.75 Å². The fraction of sp³-hybridized carbons (Fsp3) is 0.0500. The average molecular weight is 287 g/mol. The third kappa shape index (κ3) is 3.07. The molecule has 1 heterocycles. The second kappa shape index (κ2) is 6.27. The molecule has 0 unspecified atom stereocenters. The second-order valence-corrected chi connectivity index (χ2v) is 5.15. The lowest BCUT2D eigenvalue weighted by atomic mass is 10.0. The molecule has 0 aliphatic rings. The maximum atomic E-state index is 10.1. The van der Waals surface area contributed by atoms with Crippen LogP contribution in [0.4, 0.5) is 0 Å². The first-order chi connectivity index (χ1) is 10.7. The molecule has 2 nitrogen and oxygen atoms in total. The minimum absolute atomic E-state index is 0.266. The van der Waals surface area contributed by atoms with Gasteiger partial charge >= 0.3 is 0 Å². The van der Waals surface area contributed by atoms with E-state index in [2.05, 4.69) is 4.98 Å². The number of aryl methyl sites for hydroxylation is 1. The highest BCUT2D eigenvalue weighted by atomic mass is 16.3. The monoisotopic (exact) mass is 287 g/mol. The lowest BCUT2D eigenvalue weighted by Gasteiger charge is -2.08. The molecule has 3 rings (SSSR count). The van der Waals surface area contributed by atoms with Gasteiger partial charge in [0, 0.05) is 16.8 Å². The molecule has 0 aliphatic heterocycles. The van der Waals surface area contributed by atoms with E-state index in [4.69, 9.17) is 0 Å². The minimum atomic E-state index is 0.266. The smallest absolute Gasteiger partial charge is 0.123 e. The van der Waals surface area contributed by atoms with Crippen molar-refractivity contribution in [3.05, 3.63) is 83.7 Å². The molecule has 0 atom stereocenters. The normalized spacial score (nSPS) is 11.0. The van der Waals surface area contributed by atoms with Crippen LogP contribution in [0.2, 0.25) is 0 Å². The molecule has 0 amide bonds. The number of phenolic OH excluding ortho intramolecular Hbond substituents is 1. The van der Waals surface area contributed by atoms with Gasteiger partial charge in [-0.3, -0.25) is 4.98 Å². The Bertz CT molecular complexity index is 807. The van der Waals surface area contributed by atoms with Gasteiger partial charge < -0.3 is 5.11 Å². The molecular formula is C20H17NO. The van der Waals surface area contributed by atoms with Gasteiger partial charge in [-0.25, -0.2) is 0 Å². The molecule has 108 valence electrons. The Hall–Kier alpha value is -2.87. The molecule has 0 radical (unpaired) electrons. The van der Waals surface area contributed by atoms with Gasteiger partial charge in [0.15, 0.2) is 0 Å². The van der Waals surface area contributed by atoms with Crippen LogP contribution in [0.1, 0.15) is 17.0 Å². The van der Waals surface area contributed by atoms with Crippen molar-refractivity contribution < 1.29 is 5.11 Å². The number of aromatic nitrogens is 1. The molecule has 1 aromatic heterocycles. The summed E-state index contributed by atoms with van der Waals surface area (Å²) in [4.78, 5) is 4.61. The Morgan fingerprint density at radius 1 is 0.773 bits per heavy atom. The van der Waals surface area contributed by atoms with Crippen LogP contribution in [0.5, 0.6) is 5.75 Å². The van der Waals surface area contributed by atoms with E-state index >= 15 is 0 Å². The maximum absolute atomic E-state index is 10.1. The first kappa shape index (κ1) is 14.1. The standard InChI is InChI=1S/C20H17NO/c1-15-11-13-17(18-9-5-6-10-20(18)22)19(21-15)14-12-16-7-3-2-4-8-16/h2-14,22H,1H3/b14-12-. The van der Waals surface area contributed by atoms with E-state index in [0.29, 0.717) is 0 Å². The largest absolute Gasteiger partial charge is 0.507 e. The Kier molecular flexibility index (Phi) is 4.01. The second-order valence-electron chi connectivity index (χ2n) is 5.15. The van der Waals surface area contributed by atoms with Crippen molar-refractivity contribution in [1.29, 1.82) is 0 Å². The van der Waals surface area contributed by atoms with Crippen molar-refractivity contribution >= 4 is 12.2 Å². The number of nitrogens with zero attached hydrogens (tertiary/aromatic N) is 1. The molecule has 2 heteroatoms. The number of aromatic hydroxyl groups is 1. The molecule has 0 aliphatic carbocycles. The summed E-state index contributed by atoms with van der Waals surface area (Å²) in [7, 11) is 0. The highest BCUT2D eigenvalue weighted by molar-refractivity contribution is 5.81. The number of phenols is 1. The van der Waals surface area contributed by atoms with Crippen LogP contribution < -0.4 is 0 Å². The van der Waals surface area contributed by atoms with Crippen LogP contribution in [-0.4, -0.2) is 10.1 Å². The molecule has 0 saturated carbocycles. The summed E-state index contributed by atoms with van der Waals surface area (Å²) < 4.78 is 0. The summed E-state index contributed by atoms with van der Waals surface area (Å²) in [5, 5.41) is 10.1. The summed E-state index contributed by atoms with van der Waals surface area (Å²) in [6.45, 7) is 1.97. The molecule has 2 aromatic carbocycles. The summed E-state index contributed by atoms with van der Waals surface area (Å²) in [6, 6.07) is 21.4. The molecule has 0 saturated heterocycles. The van der Waals surface area contributed by atoms with Crippen LogP contribution in [0, 0.1) is 6.92 Å². The van der Waals surface area contributed by atoms with E-state index in [9.17, 15) is 5.11 Å². The highest BCUT2D eigenvalue weighted by Gasteiger charge is 2.08. The topological polar surface area (TPSA) is 33.1 Å². The van der Waals surface area contributed by atoms with Gasteiger partial charge in [-0.05, 0) is 30.7 Å². The van der Waals surface area contributed by atoms with Gasteiger partial charge in [-0.2, -0.15) is 0 Å². The number of pyridine rings is 1. The van der Waals surface area contributed by atoms with E-state index in [1.165, 1.54) is 0 Å². The zero-order chi connectivity index (χ0) is 15.4. The zero-order valence-corrected chi connectivity index (χ0v) is 12.4. The van der Waals surface area contributed by atoms with Crippen molar-refractivity contribution in [3.63, 3.8) is 0 Å². The third-order valence-corrected chi connectivity index (χ3v) is 3.49. The predicted molar refractivity (Wildman–Crippen MR) is 91.4 cm³/mol. The molecule has 3 aromatic rings. The van der Waals surface area contributed by atoms with Gasteiger partial charge in [0.05, 0.1) is 5.69 Å². The van der Waals surface area contributed by atoms with Crippen molar-refractivity contribution in [2.45, 2.75) is 6.92 Å². The molecule has 22 heavy (non-hydrogen) atoms. The van der Waals surface area contributed by atoms with Crippen LogP contribution >= 0.6 is 0 Å². The van der Waals surface area contributed by atoms with Gasteiger partial charge in [0.25, 0.3) is 0 Å². The Morgan fingerprint density at radius 3 is 2.27 bits per heavy atom. The van der Waals surface area contributed by atoms with Crippen LogP contribution in [-0.2, 0) is 0 Å². The van der Waals surface area contributed by atoms with Gasteiger partial charge in [0.2, 0.25) is 0 Å². The first-order valence-corrected chi connectivity index (χ1v) is 7.23. The number of hydrogen-bond donors (Lipinski definition) is 1. The summed E-state index contributed by atoms with van der Waals surface area (Å²) in [5.41, 5.74) is 4.64. The number of rotatable bonds is 3. The van der Waals surface area contributed by atoms with E-state index in [0.717, 1.165) is 28.1 Å². The Morgan fingerprint density at radius 2 is 1.50 bits per heavy atom. The minimum Gasteiger partial charge on any atom is -0.507 e. The zero-order valence-electron chi connectivity index (χ0n) is 12.4. The van der Waals surface area contributed by atoms with Gasteiger partial charge in [-0.1, -0.05) is 60.7 Å². The fourth-order valence-electron chi connectivity index (χ4n) is 2.37. The van der Waals surface area contributed by atoms with Crippen molar-refractivity contribution in [3.8, 4) is 16.9 Å². The lowest BCUT2D eigenvalue weighted by molar-refractivity contribution is 0.477. The van der Waals surface area contributed by atoms with Crippen LogP contribution in [0.15, 0.2) is 66.7 Å². The van der Waals surface area contributed by atoms with E-state index in [1.807, 2.05) is 79.7 Å². The quantitative estimate of drug-likeness (QED) is 0.740. The average Bonchev–Trinajstić information content (AvgIpc) is 2.55. The van der Waals surface area contributed by atoms with Gasteiger partial charge in [0.1, 0.15) is 5.75 Å². The van der Waals surface area contributed by atoms with Crippen molar-refractivity contribution in [2.75, 3.05) is 0 Å². The lowest BCUT2D eigenvalue weighted by Crippen LogP contribution is -1.91. The predicted octanol–water partition coefficient (Wildman–Crippen LogP) is 4.93. The number of hydrogen-bond acceptors (Lipinski definition) is 2. The van der Waals surface area contributed by atoms with E-state index < -0.39 is 0 Å². The van der Waals surface area contributed by atoms with Crippen LogP contribution in [0.25, 0.3) is 23.3 Å². The number of benzene rings is 2. The summed E-state index contributed by atoms with van der Waals surface area (Å²) >= 11 is 0. The first-order valence-electron chi connectivity index (χ1n) is 7.23. The summed E-state index contributed by atoms with van der Waals surface area (Å²) in [6.07, 6.45) is 4.02. The molecule has 0 spiro atoms. The maximum Gasteiger partial charge on any atom is 0.123 e. The molecule has 0 fully saturated rings. The van der Waals surface area contributed by atoms with Crippen molar-refractivity contribution in [1.82, 2.24) is 4.98 Å². The van der Waals surface area contributed by atoms with Crippen LogP contribution in [0.3, 0.4) is 0 Å². The fourth-order valence-corrected chi connectivity index (χ4v) is 2.37. The van der Waals surface area contributed by atoms with Crippen molar-refractivity contribution in [2.24, 2.45) is 0 Å².